The molecule has 1 aromatic carbocycles. The average molecular weight is 408 g/mol. The predicted octanol–water partition coefficient (Wildman–Crippen LogP) is 3.64. The summed E-state index contributed by atoms with van der Waals surface area (Å²) in [7, 11) is 1.76. The van der Waals surface area contributed by atoms with Crippen LogP contribution in [0.15, 0.2) is 58.2 Å². The molecule has 0 saturated carbocycles. The number of ether oxygens (including phenoxy) is 1. The molecule has 3 rings (SSSR count). The van der Waals surface area contributed by atoms with Crippen LogP contribution in [0.1, 0.15) is 42.0 Å². The minimum Gasteiger partial charge on any atom is -0.473 e. The molecular weight excluding hydrogens is 378 g/mol. The molecule has 2 N–H and O–H groups in total. The minimum absolute atomic E-state index is 0.492. The molecule has 3 aromatic rings. The molecule has 0 aliphatic rings. The Bertz CT molecular complexity index is 932. The van der Waals surface area contributed by atoms with Gasteiger partial charge in [0.2, 0.25) is 5.88 Å². The van der Waals surface area contributed by atoms with Crippen LogP contribution in [0.5, 0.6) is 5.88 Å². The Morgan fingerprint density at radius 3 is 2.57 bits per heavy atom. The summed E-state index contributed by atoms with van der Waals surface area (Å²) in [6, 6.07) is 13.9. The van der Waals surface area contributed by atoms with E-state index in [1.54, 1.807) is 13.2 Å². The van der Waals surface area contributed by atoms with E-state index in [0.29, 0.717) is 31.5 Å². The number of pyridine rings is 1. The van der Waals surface area contributed by atoms with Gasteiger partial charge in [-0.1, -0.05) is 49.3 Å². The van der Waals surface area contributed by atoms with Crippen LogP contribution >= 0.6 is 0 Å². The van der Waals surface area contributed by atoms with Gasteiger partial charge in [-0.05, 0) is 23.6 Å². The number of nitrogens with zero attached hydrogens (tertiary/aromatic N) is 3. The Hall–Kier alpha value is -3.35. The van der Waals surface area contributed by atoms with E-state index in [2.05, 4.69) is 39.6 Å². The molecule has 0 bridgehead atoms. The van der Waals surface area contributed by atoms with Crippen LogP contribution in [-0.4, -0.2) is 23.1 Å². The van der Waals surface area contributed by atoms with Crippen molar-refractivity contribution >= 4 is 5.96 Å². The molecule has 30 heavy (non-hydrogen) atoms. The summed E-state index contributed by atoms with van der Waals surface area (Å²) in [6.45, 7) is 5.87. The van der Waals surface area contributed by atoms with Crippen LogP contribution in [0.4, 0.5) is 0 Å². The maximum Gasteiger partial charge on any atom is 0.213 e. The van der Waals surface area contributed by atoms with Gasteiger partial charge in [-0.15, -0.1) is 0 Å². The van der Waals surface area contributed by atoms with Crippen molar-refractivity contribution in [2.24, 2.45) is 4.99 Å². The van der Waals surface area contributed by atoms with E-state index < -0.39 is 0 Å². The molecule has 0 radical (unpaired) electrons. The standard InChI is InChI=1S/C23H29N5O2/c1-4-20-19(21(5-2)30-28-20)15-27-23(24-3)26-14-18-11-12-25-22(13-18)29-16-17-9-7-6-8-10-17/h6-13H,4-5,14-16H2,1-3H3,(H2,24,26,27). The maximum absolute atomic E-state index is 5.81. The second-order valence-corrected chi connectivity index (χ2v) is 6.79. The smallest absolute Gasteiger partial charge is 0.213 e. The Kier molecular flexibility index (Phi) is 7.83. The highest BCUT2D eigenvalue weighted by Crippen LogP contribution is 2.15. The Balaban J connectivity index is 1.53. The number of aryl methyl sites for hydroxylation is 2. The van der Waals surface area contributed by atoms with E-state index in [9.17, 15) is 0 Å². The molecule has 0 spiro atoms. The monoisotopic (exact) mass is 407 g/mol. The lowest BCUT2D eigenvalue weighted by Gasteiger charge is -2.13. The molecule has 7 heteroatoms. The average Bonchev–Trinajstić information content (AvgIpc) is 3.21. The Morgan fingerprint density at radius 1 is 1.03 bits per heavy atom. The van der Waals surface area contributed by atoms with Crippen LogP contribution in [0, 0.1) is 0 Å². The molecule has 0 atom stereocenters. The Labute approximate surface area is 177 Å². The van der Waals surface area contributed by atoms with Crippen molar-refractivity contribution in [1.29, 1.82) is 0 Å². The molecule has 0 amide bonds. The first-order valence-corrected chi connectivity index (χ1v) is 10.3. The maximum atomic E-state index is 5.81. The summed E-state index contributed by atoms with van der Waals surface area (Å²) in [5, 5.41) is 10.8. The third kappa shape index (κ3) is 5.83. The highest BCUT2D eigenvalue weighted by atomic mass is 16.5. The number of aromatic nitrogens is 2. The number of aliphatic imine (C=N–C) groups is 1. The predicted molar refractivity (Wildman–Crippen MR) is 117 cm³/mol. The number of guanidine groups is 1. The molecule has 2 aromatic heterocycles. The summed E-state index contributed by atoms with van der Waals surface area (Å²) in [5.74, 6) is 2.23. The van der Waals surface area contributed by atoms with Gasteiger partial charge in [0, 0.05) is 44.4 Å². The van der Waals surface area contributed by atoms with Gasteiger partial charge in [-0.3, -0.25) is 4.99 Å². The molecule has 7 nitrogen and oxygen atoms in total. The SMILES string of the molecule is CCc1noc(CC)c1CNC(=NC)NCc1ccnc(OCc2ccccc2)c1. The lowest BCUT2D eigenvalue weighted by atomic mass is 10.1. The van der Waals surface area contributed by atoms with Crippen LogP contribution in [-0.2, 0) is 32.5 Å². The molecule has 0 fully saturated rings. The summed E-state index contributed by atoms with van der Waals surface area (Å²) >= 11 is 0. The first-order valence-electron chi connectivity index (χ1n) is 10.3. The van der Waals surface area contributed by atoms with Crippen molar-refractivity contribution in [2.75, 3.05) is 7.05 Å². The zero-order chi connectivity index (χ0) is 21.2. The van der Waals surface area contributed by atoms with E-state index in [1.165, 1.54) is 0 Å². The summed E-state index contributed by atoms with van der Waals surface area (Å²) in [4.78, 5) is 8.61. The van der Waals surface area contributed by atoms with Gasteiger partial charge in [0.15, 0.2) is 5.96 Å². The van der Waals surface area contributed by atoms with Gasteiger partial charge < -0.3 is 19.9 Å². The normalized spacial score (nSPS) is 11.4. The van der Waals surface area contributed by atoms with Gasteiger partial charge in [0.05, 0.1) is 5.69 Å². The molecule has 0 unspecified atom stereocenters. The van der Waals surface area contributed by atoms with Crippen molar-refractivity contribution in [3.8, 4) is 5.88 Å². The quantitative estimate of drug-likeness (QED) is 0.416. The molecule has 0 saturated heterocycles. The fraction of sp³-hybridized carbons (Fsp3) is 0.348. The minimum atomic E-state index is 0.492. The highest BCUT2D eigenvalue weighted by molar-refractivity contribution is 5.79. The fourth-order valence-electron chi connectivity index (χ4n) is 3.09. The Morgan fingerprint density at radius 2 is 1.83 bits per heavy atom. The number of hydrogen-bond donors (Lipinski definition) is 2. The number of rotatable bonds is 9. The van der Waals surface area contributed by atoms with E-state index in [4.69, 9.17) is 9.26 Å². The summed E-state index contributed by atoms with van der Waals surface area (Å²) in [6.07, 6.45) is 3.42. The third-order valence-corrected chi connectivity index (χ3v) is 4.75. The molecule has 2 heterocycles. The van der Waals surface area contributed by atoms with Crippen molar-refractivity contribution in [2.45, 2.75) is 46.4 Å². The lowest BCUT2D eigenvalue weighted by Crippen LogP contribution is -2.36. The number of hydrogen-bond acceptors (Lipinski definition) is 5. The van der Waals surface area contributed by atoms with Crippen molar-refractivity contribution in [1.82, 2.24) is 20.8 Å². The van der Waals surface area contributed by atoms with Crippen molar-refractivity contribution in [3.63, 3.8) is 0 Å². The number of nitrogens with one attached hydrogen (secondary N) is 2. The summed E-state index contributed by atoms with van der Waals surface area (Å²) in [5.41, 5.74) is 4.27. The van der Waals surface area contributed by atoms with Gasteiger partial charge in [-0.25, -0.2) is 4.98 Å². The molecule has 0 aliphatic carbocycles. The van der Waals surface area contributed by atoms with E-state index in [0.717, 1.165) is 41.0 Å². The van der Waals surface area contributed by atoms with Crippen molar-refractivity contribution < 1.29 is 9.26 Å². The number of benzene rings is 1. The second-order valence-electron chi connectivity index (χ2n) is 6.79. The van der Waals surface area contributed by atoms with Crippen molar-refractivity contribution in [3.05, 3.63) is 76.8 Å². The fourth-order valence-corrected chi connectivity index (χ4v) is 3.09. The molecule has 158 valence electrons. The van der Waals surface area contributed by atoms with Gasteiger partial charge in [-0.2, -0.15) is 0 Å². The summed E-state index contributed by atoms with van der Waals surface area (Å²) < 4.78 is 11.2. The van der Waals surface area contributed by atoms with Crippen LogP contribution in [0.25, 0.3) is 0 Å². The second kappa shape index (κ2) is 11.0. The van der Waals surface area contributed by atoms with E-state index >= 15 is 0 Å². The van der Waals surface area contributed by atoms with Gasteiger partial charge in [0.25, 0.3) is 0 Å². The lowest BCUT2D eigenvalue weighted by molar-refractivity contribution is 0.293. The third-order valence-electron chi connectivity index (χ3n) is 4.75. The van der Waals surface area contributed by atoms with Crippen LogP contribution in [0.2, 0.25) is 0 Å². The topological polar surface area (TPSA) is 84.6 Å². The highest BCUT2D eigenvalue weighted by Gasteiger charge is 2.13. The van der Waals surface area contributed by atoms with Crippen LogP contribution < -0.4 is 15.4 Å². The zero-order valence-electron chi connectivity index (χ0n) is 17.8. The largest absolute Gasteiger partial charge is 0.473 e. The van der Waals surface area contributed by atoms with Gasteiger partial charge >= 0.3 is 0 Å². The first kappa shape index (κ1) is 21.4. The van der Waals surface area contributed by atoms with E-state index in [-0.39, 0.29) is 0 Å². The van der Waals surface area contributed by atoms with Crippen LogP contribution in [0.3, 0.4) is 0 Å². The first-order chi connectivity index (χ1) is 14.7. The molecular formula is C23H29N5O2. The zero-order valence-corrected chi connectivity index (χ0v) is 17.8. The molecule has 0 aliphatic heterocycles. The van der Waals surface area contributed by atoms with Gasteiger partial charge in [0.1, 0.15) is 12.4 Å². The van der Waals surface area contributed by atoms with E-state index in [1.807, 2.05) is 42.5 Å².